The van der Waals surface area contributed by atoms with Gasteiger partial charge in [0.25, 0.3) is 5.56 Å². The first kappa shape index (κ1) is 18.4. The van der Waals surface area contributed by atoms with Gasteiger partial charge in [0.05, 0.1) is 30.1 Å². The molecular formula is C22H18N4O3. The lowest BCUT2D eigenvalue weighted by molar-refractivity contribution is -0.115. The average Bonchev–Trinajstić information content (AvgIpc) is 2.75. The molecule has 0 bridgehead atoms. The molecule has 4 rings (SSSR count). The molecule has 1 amide bonds. The van der Waals surface area contributed by atoms with Crippen LogP contribution in [0.15, 0.2) is 78.0 Å². The van der Waals surface area contributed by atoms with E-state index in [-0.39, 0.29) is 17.9 Å². The smallest absolute Gasteiger partial charge is 0.280 e. The van der Waals surface area contributed by atoms with Crippen molar-refractivity contribution in [3.63, 3.8) is 0 Å². The lowest BCUT2D eigenvalue weighted by Gasteiger charge is -2.11. The first-order valence-corrected chi connectivity index (χ1v) is 8.99. The number of ether oxygens (including phenoxy) is 1. The number of hydrogen-bond donors (Lipinski definition) is 1. The first-order valence-electron chi connectivity index (χ1n) is 8.99. The SMILES string of the molecule is COc1ccc(CC(=O)Nc2cc(-n3cnc(=O)c4ccccc43)ccn2)cc1. The highest BCUT2D eigenvalue weighted by molar-refractivity contribution is 5.91. The third-order valence-electron chi connectivity index (χ3n) is 4.50. The van der Waals surface area contributed by atoms with Gasteiger partial charge in [-0.15, -0.1) is 0 Å². The normalized spacial score (nSPS) is 10.7. The van der Waals surface area contributed by atoms with Crippen molar-refractivity contribution in [2.45, 2.75) is 6.42 Å². The van der Waals surface area contributed by atoms with Gasteiger partial charge in [0.1, 0.15) is 17.9 Å². The number of rotatable bonds is 5. The minimum absolute atomic E-state index is 0.178. The van der Waals surface area contributed by atoms with Crippen LogP contribution < -0.4 is 15.6 Å². The maximum Gasteiger partial charge on any atom is 0.280 e. The van der Waals surface area contributed by atoms with E-state index in [1.165, 1.54) is 6.33 Å². The van der Waals surface area contributed by atoms with Gasteiger partial charge in [-0.1, -0.05) is 24.3 Å². The second-order valence-corrected chi connectivity index (χ2v) is 6.41. The molecule has 0 aliphatic carbocycles. The number of nitrogens with zero attached hydrogens (tertiary/aromatic N) is 3. The molecule has 0 atom stereocenters. The Kier molecular flexibility index (Phi) is 5.03. The van der Waals surface area contributed by atoms with Crippen LogP contribution in [0.25, 0.3) is 16.6 Å². The number of aromatic nitrogens is 3. The number of pyridine rings is 1. The summed E-state index contributed by atoms with van der Waals surface area (Å²) in [5.41, 5.74) is 2.06. The van der Waals surface area contributed by atoms with Crippen LogP contribution in [0.3, 0.4) is 0 Å². The summed E-state index contributed by atoms with van der Waals surface area (Å²) in [4.78, 5) is 32.5. The minimum atomic E-state index is -0.279. The van der Waals surface area contributed by atoms with Gasteiger partial charge in [0.2, 0.25) is 5.91 Å². The van der Waals surface area contributed by atoms with Crippen LogP contribution in [0.2, 0.25) is 0 Å². The van der Waals surface area contributed by atoms with Crippen LogP contribution in [0.5, 0.6) is 5.75 Å². The summed E-state index contributed by atoms with van der Waals surface area (Å²) in [6.07, 6.45) is 3.30. The number of amides is 1. The van der Waals surface area contributed by atoms with Crippen molar-refractivity contribution < 1.29 is 9.53 Å². The van der Waals surface area contributed by atoms with Gasteiger partial charge in [-0.25, -0.2) is 4.98 Å². The Morgan fingerprint density at radius 2 is 1.86 bits per heavy atom. The zero-order valence-corrected chi connectivity index (χ0v) is 15.7. The van der Waals surface area contributed by atoms with E-state index in [9.17, 15) is 9.59 Å². The number of methoxy groups -OCH3 is 1. The summed E-state index contributed by atoms with van der Waals surface area (Å²) in [5, 5.41) is 3.34. The average molecular weight is 386 g/mol. The maximum absolute atomic E-state index is 12.4. The number of carbonyl (C=O) groups excluding carboxylic acids is 1. The molecule has 144 valence electrons. The molecule has 2 heterocycles. The molecule has 0 aliphatic heterocycles. The Hall–Kier alpha value is -4.00. The number of para-hydroxylation sites is 1. The molecule has 7 heteroatoms. The van der Waals surface area contributed by atoms with Gasteiger partial charge in [0, 0.05) is 12.3 Å². The monoisotopic (exact) mass is 386 g/mol. The zero-order chi connectivity index (χ0) is 20.2. The molecule has 0 radical (unpaired) electrons. The molecule has 1 N–H and O–H groups in total. The molecule has 2 aromatic heterocycles. The maximum atomic E-state index is 12.4. The van der Waals surface area contributed by atoms with Gasteiger partial charge in [-0.3, -0.25) is 14.2 Å². The van der Waals surface area contributed by atoms with Crippen molar-refractivity contribution in [2.24, 2.45) is 0 Å². The Balaban J connectivity index is 1.57. The van der Waals surface area contributed by atoms with E-state index < -0.39 is 0 Å². The number of fused-ring (bicyclic) bond motifs is 1. The Morgan fingerprint density at radius 3 is 2.66 bits per heavy atom. The molecule has 29 heavy (non-hydrogen) atoms. The first-order chi connectivity index (χ1) is 14.1. The van der Waals surface area contributed by atoms with E-state index in [0.717, 1.165) is 22.5 Å². The quantitative estimate of drug-likeness (QED) is 0.570. The van der Waals surface area contributed by atoms with Crippen LogP contribution in [-0.2, 0) is 11.2 Å². The van der Waals surface area contributed by atoms with Crippen molar-refractivity contribution >= 4 is 22.6 Å². The van der Waals surface area contributed by atoms with E-state index in [1.54, 1.807) is 42.1 Å². The topological polar surface area (TPSA) is 86.1 Å². The van der Waals surface area contributed by atoms with Crippen molar-refractivity contribution in [1.29, 1.82) is 0 Å². The van der Waals surface area contributed by atoms with Gasteiger partial charge in [0.15, 0.2) is 0 Å². The summed E-state index contributed by atoms with van der Waals surface area (Å²) < 4.78 is 6.91. The predicted molar refractivity (Wildman–Crippen MR) is 110 cm³/mol. The van der Waals surface area contributed by atoms with Gasteiger partial charge < -0.3 is 10.1 Å². The highest BCUT2D eigenvalue weighted by Gasteiger charge is 2.09. The molecule has 0 spiro atoms. The van der Waals surface area contributed by atoms with Crippen LogP contribution in [0, 0.1) is 0 Å². The fourth-order valence-corrected chi connectivity index (χ4v) is 3.07. The number of anilines is 1. The molecule has 0 unspecified atom stereocenters. The predicted octanol–water partition coefficient (Wildman–Crippen LogP) is 2.97. The number of carbonyl (C=O) groups is 1. The standard InChI is InChI=1S/C22H18N4O3/c1-29-17-8-6-15(7-9-17)12-21(27)25-20-13-16(10-11-23-20)26-14-24-22(28)18-4-2-3-5-19(18)26/h2-11,13-14H,12H2,1H3,(H,23,25,27). The Morgan fingerprint density at radius 1 is 1.07 bits per heavy atom. The number of benzene rings is 2. The third-order valence-corrected chi connectivity index (χ3v) is 4.50. The second kappa shape index (κ2) is 7.93. The molecular weight excluding hydrogens is 368 g/mol. The molecule has 0 fully saturated rings. The molecule has 2 aromatic carbocycles. The molecule has 4 aromatic rings. The zero-order valence-electron chi connectivity index (χ0n) is 15.7. The molecule has 0 saturated carbocycles. The van der Waals surface area contributed by atoms with Crippen LogP contribution >= 0.6 is 0 Å². The summed E-state index contributed by atoms with van der Waals surface area (Å²) >= 11 is 0. The molecule has 7 nitrogen and oxygen atoms in total. The minimum Gasteiger partial charge on any atom is -0.497 e. The third kappa shape index (κ3) is 3.98. The fourth-order valence-electron chi connectivity index (χ4n) is 3.07. The van der Waals surface area contributed by atoms with Crippen molar-refractivity contribution in [2.75, 3.05) is 12.4 Å². The van der Waals surface area contributed by atoms with Crippen LogP contribution in [0.1, 0.15) is 5.56 Å². The second-order valence-electron chi connectivity index (χ2n) is 6.41. The Labute approximate surface area is 166 Å². The summed E-state index contributed by atoms with van der Waals surface area (Å²) in [6.45, 7) is 0. The highest BCUT2D eigenvalue weighted by atomic mass is 16.5. The lowest BCUT2D eigenvalue weighted by Crippen LogP contribution is -2.16. The lowest BCUT2D eigenvalue weighted by atomic mass is 10.1. The number of nitrogens with one attached hydrogen (secondary N) is 1. The van der Waals surface area contributed by atoms with E-state index in [0.29, 0.717) is 11.2 Å². The largest absolute Gasteiger partial charge is 0.497 e. The van der Waals surface area contributed by atoms with E-state index in [1.807, 2.05) is 36.4 Å². The summed E-state index contributed by atoms with van der Waals surface area (Å²) in [5.74, 6) is 0.983. The van der Waals surface area contributed by atoms with E-state index >= 15 is 0 Å². The van der Waals surface area contributed by atoms with Crippen molar-refractivity contribution in [3.05, 3.63) is 89.1 Å². The summed E-state index contributed by atoms with van der Waals surface area (Å²) in [7, 11) is 1.60. The van der Waals surface area contributed by atoms with Crippen LogP contribution in [-0.4, -0.2) is 27.6 Å². The van der Waals surface area contributed by atoms with E-state index in [4.69, 9.17) is 4.74 Å². The van der Waals surface area contributed by atoms with Gasteiger partial charge in [-0.2, -0.15) is 4.98 Å². The van der Waals surface area contributed by atoms with Gasteiger partial charge >= 0.3 is 0 Å². The van der Waals surface area contributed by atoms with E-state index in [2.05, 4.69) is 15.3 Å². The van der Waals surface area contributed by atoms with Crippen molar-refractivity contribution in [3.8, 4) is 11.4 Å². The summed E-state index contributed by atoms with van der Waals surface area (Å²) in [6, 6.07) is 18.1. The molecule has 0 saturated heterocycles. The van der Waals surface area contributed by atoms with Crippen LogP contribution in [0.4, 0.5) is 5.82 Å². The molecule has 0 aliphatic rings. The number of hydrogen-bond acceptors (Lipinski definition) is 5. The Bertz CT molecular complexity index is 1230. The fraction of sp³-hybridized carbons (Fsp3) is 0.0909. The highest BCUT2D eigenvalue weighted by Crippen LogP contribution is 2.18. The van der Waals surface area contributed by atoms with Crippen molar-refractivity contribution in [1.82, 2.24) is 14.5 Å². The van der Waals surface area contributed by atoms with Gasteiger partial charge in [-0.05, 0) is 35.9 Å².